The Balaban J connectivity index is 1.57. The standard InChI is InChI=1S/C19H26O4/c1-14(2)19(16(20)15-6-4-3-5-7-15)17(23-19)8-10-18(11-9-17)21-12-13-22-18/h3-7,14,16,20H,8-13H2,1-2H3. The lowest BCUT2D eigenvalue weighted by Gasteiger charge is -2.37. The van der Waals surface area contributed by atoms with Crippen molar-refractivity contribution in [3.63, 3.8) is 0 Å². The Bertz CT molecular complexity index is 554. The third-order valence-corrected chi connectivity index (χ3v) is 6.05. The first-order valence-corrected chi connectivity index (χ1v) is 8.75. The third-order valence-electron chi connectivity index (χ3n) is 6.05. The second kappa shape index (κ2) is 5.28. The third kappa shape index (κ3) is 2.19. The molecule has 0 bridgehead atoms. The van der Waals surface area contributed by atoms with E-state index in [0.717, 1.165) is 31.2 Å². The van der Waals surface area contributed by atoms with Gasteiger partial charge in [-0.1, -0.05) is 44.2 Å². The minimum absolute atomic E-state index is 0.239. The van der Waals surface area contributed by atoms with Gasteiger partial charge in [-0.05, 0) is 24.3 Å². The molecule has 23 heavy (non-hydrogen) atoms. The second-order valence-corrected chi connectivity index (χ2v) is 7.46. The van der Waals surface area contributed by atoms with Gasteiger partial charge in [0.05, 0.1) is 13.2 Å². The van der Waals surface area contributed by atoms with Crippen molar-refractivity contribution in [1.29, 1.82) is 0 Å². The van der Waals surface area contributed by atoms with E-state index in [1.807, 2.05) is 30.3 Å². The van der Waals surface area contributed by atoms with Crippen molar-refractivity contribution in [2.45, 2.75) is 62.6 Å². The fourth-order valence-electron chi connectivity index (χ4n) is 4.76. The van der Waals surface area contributed by atoms with Crippen molar-refractivity contribution >= 4 is 0 Å². The molecule has 0 amide bonds. The van der Waals surface area contributed by atoms with Gasteiger partial charge in [-0.2, -0.15) is 0 Å². The number of epoxide rings is 1. The highest BCUT2D eigenvalue weighted by molar-refractivity contribution is 5.30. The lowest BCUT2D eigenvalue weighted by molar-refractivity contribution is -0.184. The minimum atomic E-state index is -0.594. The summed E-state index contributed by atoms with van der Waals surface area (Å²) in [5.74, 6) is -0.144. The monoisotopic (exact) mass is 318 g/mol. The fraction of sp³-hybridized carbons (Fsp3) is 0.684. The average molecular weight is 318 g/mol. The van der Waals surface area contributed by atoms with E-state index < -0.39 is 17.5 Å². The van der Waals surface area contributed by atoms with E-state index in [9.17, 15) is 5.11 Å². The van der Waals surface area contributed by atoms with Crippen molar-refractivity contribution < 1.29 is 19.3 Å². The predicted molar refractivity (Wildman–Crippen MR) is 85.9 cm³/mol. The molecule has 0 radical (unpaired) electrons. The van der Waals surface area contributed by atoms with E-state index in [4.69, 9.17) is 14.2 Å². The first kappa shape index (κ1) is 15.6. The Morgan fingerprint density at radius 1 is 0.957 bits per heavy atom. The molecular weight excluding hydrogens is 292 g/mol. The Hall–Kier alpha value is -0.940. The van der Waals surface area contributed by atoms with Gasteiger partial charge in [0.25, 0.3) is 0 Å². The maximum atomic E-state index is 11.1. The lowest BCUT2D eigenvalue weighted by Crippen LogP contribution is -2.44. The highest BCUT2D eigenvalue weighted by atomic mass is 16.7. The molecule has 2 aliphatic heterocycles. The largest absolute Gasteiger partial charge is 0.385 e. The van der Waals surface area contributed by atoms with Gasteiger partial charge in [-0.15, -0.1) is 0 Å². The van der Waals surface area contributed by atoms with Gasteiger partial charge in [0, 0.05) is 12.8 Å². The summed E-state index contributed by atoms with van der Waals surface area (Å²) in [6, 6.07) is 9.88. The SMILES string of the molecule is CC(C)C1(C(O)c2ccccc2)OC12CCC1(CC2)OCCO1. The first-order valence-electron chi connectivity index (χ1n) is 8.75. The zero-order valence-electron chi connectivity index (χ0n) is 14.0. The molecule has 0 aromatic heterocycles. The molecule has 3 fully saturated rings. The highest BCUT2D eigenvalue weighted by Gasteiger charge is 2.75. The molecule has 2 heterocycles. The van der Waals surface area contributed by atoms with E-state index in [0.29, 0.717) is 13.2 Å². The van der Waals surface area contributed by atoms with Crippen molar-refractivity contribution in [2.75, 3.05) is 13.2 Å². The fourth-order valence-corrected chi connectivity index (χ4v) is 4.76. The summed E-state index contributed by atoms with van der Waals surface area (Å²) in [5, 5.41) is 11.1. The molecule has 2 atom stereocenters. The van der Waals surface area contributed by atoms with Gasteiger partial charge in [0.1, 0.15) is 17.3 Å². The molecule has 4 nitrogen and oxygen atoms in total. The van der Waals surface area contributed by atoms with Crippen molar-refractivity contribution in [1.82, 2.24) is 0 Å². The van der Waals surface area contributed by atoms with Crippen LogP contribution in [0.5, 0.6) is 0 Å². The van der Waals surface area contributed by atoms with Crippen LogP contribution in [0, 0.1) is 5.92 Å². The van der Waals surface area contributed by atoms with Gasteiger partial charge in [-0.3, -0.25) is 0 Å². The summed E-state index contributed by atoms with van der Waals surface area (Å²) in [5.41, 5.74) is 0.206. The Morgan fingerprint density at radius 3 is 2.13 bits per heavy atom. The average Bonchev–Trinajstić information content (AvgIpc) is 3.02. The normalized spacial score (nSPS) is 32.5. The summed E-state index contributed by atoms with van der Waals surface area (Å²) in [7, 11) is 0. The summed E-state index contributed by atoms with van der Waals surface area (Å²) < 4.78 is 18.0. The van der Waals surface area contributed by atoms with Crippen LogP contribution in [0.15, 0.2) is 30.3 Å². The molecule has 1 N–H and O–H groups in total. The van der Waals surface area contributed by atoms with E-state index >= 15 is 0 Å². The molecular formula is C19H26O4. The number of hydrogen-bond donors (Lipinski definition) is 1. The van der Waals surface area contributed by atoms with Crippen LogP contribution in [0.3, 0.4) is 0 Å². The molecule has 2 saturated heterocycles. The van der Waals surface area contributed by atoms with Crippen LogP contribution in [0.2, 0.25) is 0 Å². The van der Waals surface area contributed by atoms with Gasteiger partial charge in [-0.25, -0.2) is 0 Å². The van der Waals surface area contributed by atoms with Crippen LogP contribution in [-0.4, -0.2) is 35.3 Å². The van der Waals surface area contributed by atoms with Gasteiger partial charge >= 0.3 is 0 Å². The lowest BCUT2D eigenvalue weighted by atomic mass is 9.70. The Labute approximate surface area is 137 Å². The van der Waals surface area contributed by atoms with Gasteiger partial charge in [0.15, 0.2) is 5.79 Å². The summed E-state index contributed by atoms with van der Waals surface area (Å²) >= 11 is 0. The number of aliphatic hydroxyl groups is 1. The second-order valence-electron chi connectivity index (χ2n) is 7.46. The molecule has 2 spiro atoms. The molecule has 4 rings (SSSR count). The van der Waals surface area contributed by atoms with Crippen molar-refractivity contribution in [2.24, 2.45) is 5.92 Å². The predicted octanol–water partition coefficient (Wildman–Crippen LogP) is 3.20. The topological polar surface area (TPSA) is 51.2 Å². The van der Waals surface area contributed by atoms with Crippen LogP contribution in [0.25, 0.3) is 0 Å². The van der Waals surface area contributed by atoms with Crippen molar-refractivity contribution in [3.05, 3.63) is 35.9 Å². The molecule has 1 aromatic rings. The number of benzene rings is 1. The quantitative estimate of drug-likeness (QED) is 0.870. The van der Waals surface area contributed by atoms with E-state index in [1.54, 1.807) is 0 Å². The molecule has 1 aromatic carbocycles. The van der Waals surface area contributed by atoms with E-state index in [1.165, 1.54) is 0 Å². The smallest absolute Gasteiger partial charge is 0.168 e. The van der Waals surface area contributed by atoms with Gasteiger partial charge < -0.3 is 19.3 Å². The molecule has 3 aliphatic rings. The zero-order chi connectivity index (χ0) is 16.1. The Kier molecular flexibility index (Phi) is 3.58. The summed E-state index contributed by atoms with van der Waals surface area (Å²) in [6.07, 6.45) is 2.87. The first-order chi connectivity index (χ1) is 11.0. The number of aliphatic hydroxyl groups excluding tert-OH is 1. The van der Waals surface area contributed by atoms with Crippen LogP contribution >= 0.6 is 0 Å². The van der Waals surface area contributed by atoms with Crippen LogP contribution < -0.4 is 0 Å². The van der Waals surface area contributed by atoms with E-state index in [-0.39, 0.29) is 11.5 Å². The molecule has 1 saturated carbocycles. The minimum Gasteiger partial charge on any atom is -0.385 e. The Morgan fingerprint density at radius 2 is 1.57 bits per heavy atom. The molecule has 126 valence electrons. The number of hydrogen-bond acceptors (Lipinski definition) is 4. The van der Waals surface area contributed by atoms with Crippen LogP contribution in [-0.2, 0) is 14.2 Å². The number of ether oxygens (including phenoxy) is 3. The summed E-state index contributed by atoms with van der Waals surface area (Å²) in [6.45, 7) is 5.67. The summed E-state index contributed by atoms with van der Waals surface area (Å²) in [4.78, 5) is 0. The van der Waals surface area contributed by atoms with Gasteiger partial charge in [0.2, 0.25) is 0 Å². The molecule has 4 heteroatoms. The molecule has 2 unspecified atom stereocenters. The highest BCUT2D eigenvalue weighted by Crippen LogP contribution is 2.66. The number of rotatable bonds is 3. The molecule has 1 aliphatic carbocycles. The van der Waals surface area contributed by atoms with E-state index in [2.05, 4.69) is 13.8 Å². The maximum absolute atomic E-state index is 11.1. The van der Waals surface area contributed by atoms with Crippen LogP contribution in [0.4, 0.5) is 0 Å². The van der Waals surface area contributed by atoms with Crippen LogP contribution in [0.1, 0.15) is 51.2 Å². The maximum Gasteiger partial charge on any atom is 0.168 e. The van der Waals surface area contributed by atoms with Crippen molar-refractivity contribution in [3.8, 4) is 0 Å². The zero-order valence-corrected chi connectivity index (χ0v) is 14.0.